The fourth-order valence-corrected chi connectivity index (χ4v) is 2.02. The zero-order valence-corrected chi connectivity index (χ0v) is 10.1. The molecule has 1 aromatic rings. The van der Waals surface area contributed by atoms with Crippen LogP contribution in [0.4, 0.5) is 5.69 Å². The fraction of sp³-hybridized carbons (Fsp3) is 0.500. The molecule has 2 rings (SSSR count). The molecule has 1 aliphatic rings. The highest BCUT2D eigenvalue weighted by molar-refractivity contribution is 6.30. The average molecular weight is 242 g/mol. The standard InChI is InChI=1S/C12H16ClNO2/c1-15-12-5-4-9(13)7-11(12)14-8-10-3-2-6-16-10/h4-5,7,10,14H,2-3,6,8H2,1H3. The first-order valence-corrected chi connectivity index (χ1v) is 5.86. The van der Waals surface area contributed by atoms with Crippen LogP contribution in [0.25, 0.3) is 0 Å². The number of rotatable bonds is 4. The second-order valence-corrected chi connectivity index (χ2v) is 4.30. The molecule has 1 unspecified atom stereocenters. The van der Waals surface area contributed by atoms with E-state index in [4.69, 9.17) is 21.1 Å². The number of methoxy groups -OCH3 is 1. The molecule has 4 heteroatoms. The van der Waals surface area contributed by atoms with Gasteiger partial charge < -0.3 is 14.8 Å². The van der Waals surface area contributed by atoms with Gasteiger partial charge in [0.15, 0.2) is 0 Å². The van der Waals surface area contributed by atoms with E-state index < -0.39 is 0 Å². The maximum atomic E-state index is 5.94. The third-order valence-corrected chi connectivity index (χ3v) is 2.94. The van der Waals surface area contributed by atoms with Crippen LogP contribution >= 0.6 is 11.6 Å². The monoisotopic (exact) mass is 241 g/mol. The zero-order chi connectivity index (χ0) is 11.4. The number of hydrogen-bond donors (Lipinski definition) is 1. The lowest BCUT2D eigenvalue weighted by molar-refractivity contribution is 0.120. The molecule has 0 aliphatic carbocycles. The van der Waals surface area contributed by atoms with E-state index in [-0.39, 0.29) is 0 Å². The first kappa shape index (κ1) is 11.6. The van der Waals surface area contributed by atoms with Gasteiger partial charge in [-0.05, 0) is 31.0 Å². The summed E-state index contributed by atoms with van der Waals surface area (Å²) in [4.78, 5) is 0. The minimum Gasteiger partial charge on any atom is -0.495 e. The molecule has 0 spiro atoms. The number of nitrogens with one attached hydrogen (secondary N) is 1. The summed E-state index contributed by atoms with van der Waals surface area (Å²) < 4.78 is 10.8. The average Bonchev–Trinajstić information content (AvgIpc) is 2.79. The van der Waals surface area contributed by atoms with Gasteiger partial charge >= 0.3 is 0 Å². The van der Waals surface area contributed by atoms with Crippen LogP contribution in [0, 0.1) is 0 Å². The van der Waals surface area contributed by atoms with Crippen LogP contribution in [0.3, 0.4) is 0 Å². The Labute approximate surface area is 101 Å². The molecule has 3 nitrogen and oxygen atoms in total. The van der Waals surface area contributed by atoms with Crippen molar-refractivity contribution >= 4 is 17.3 Å². The van der Waals surface area contributed by atoms with E-state index in [2.05, 4.69) is 5.32 Å². The molecule has 88 valence electrons. The molecular weight excluding hydrogens is 226 g/mol. The van der Waals surface area contributed by atoms with Crippen LogP contribution in [0.15, 0.2) is 18.2 Å². The van der Waals surface area contributed by atoms with Gasteiger partial charge in [0.1, 0.15) is 5.75 Å². The molecule has 1 saturated heterocycles. The van der Waals surface area contributed by atoms with Crippen LogP contribution in [0.5, 0.6) is 5.75 Å². The van der Waals surface area contributed by atoms with Gasteiger partial charge in [-0.3, -0.25) is 0 Å². The van der Waals surface area contributed by atoms with Crippen molar-refractivity contribution in [2.45, 2.75) is 18.9 Å². The predicted molar refractivity (Wildman–Crippen MR) is 65.5 cm³/mol. The molecule has 16 heavy (non-hydrogen) atoms. The Bertz CT molecular complexity index is 351. The summed E-state index contributed by atoms with van der Waals surface area (Å²) in [6.07, 6.45) is 2.58. The first-order chi connectivity index (χ1) is 7.79. The summed E-state index contributed by atoms with van der Waals surface area (Å²) >= 11 is 5.94. The quantitative estimate of drug-likeness (QED) is 0.879. The molecule has 1 fully saturated rings. The highest BCUT2D eigenvalue weighted by Crippen LogP contribution is 2.28. The van der Waals surface area contributed by atoms with Crippen LogP contribution in [0.2, 0.25) is 5.02 Å². The lowest BCUT2D eigenvalue weighted by Gasteiger charge is -2.14. The van der Waals surface area contributed by atoms with E-state index >= 15 is 0 Å². The van der Waals surface area contributed by atoms with Crippen LogP contribution in [-0.2, 0) is 4.74 Å². The molecule has 1 N–H and O–H groups in total. The van der Waals surface area contributed by atoms with Gasteiger partial charge in [0.05, 0.1) is 18.9 Å². The summed E-state index contributed by atoms with van der Waals surface area (Å²) in [5.74, 6) is 0.808. The van der Waals surface area contributed by atoms with Gasteiger partial charge in [0.25, 0.3) is 0 Å². The molecular formula is C12H16ClNO2. The van der Waals surface area contributed by atoms with Crippen molar-refractivity contribution in [2.75, 3.05) is 25.6 Å². The molecule has 0 radical (unpaired) electrons. The van der Waals surface area contributed by atoms with Crippen LogP contribution in [-0.4, -0.2) is 26.4 Å². The van der Waals surface area contributed by atoms with Crippen molar-refractivity contribution in [3.05, 3.63) is 23.2 Å². The number of hydrogen-bond acceptors (Lipinski definition) is 3. The molecule has 0 aromatic heterocycles. The lowest BCUT2D eigenvalue weighted by Crippen LogP contribution is -2.18. The second-order valence-electron chi connectivity index (χ2n) is 3.86. The van der Waals surface area contributed by atoms with Gasteiger partial charge in [-0.15, -0.1) is 0 Å². The van der Waals surface area contributed by atoms with Crippen molar-refractivity contribution < 1.29 is 9.47 Å². The van der Waals surface area contributed by atoms with Crippen molar-refractivity contribution in [2.24, 2.45) is 0 Å². The fourth-order valence-electron chi connectivity index (χ4n) is 1.85. The summed E-state index contributed by atoms with van der Waals surface area (Å²) in [7, 11) is 1.65. The van der Waals surface area contributed by atoms with Gasteiger partial charge in [-0.25, -0.2) is 0 Å². The van der Waals surface area contributed by atoms with Crippen molar-refractivity contribution in [3.63, 3.8) is 0 Å². The van der Waals surface area contributed by atoms with E-state index in [1.54, 1.807) is 7.11 Å². The van der Waals surface area contributed by atoms with E-state index in [0.717, 1.165) is 37.4 Å². The van der Waals surface area contributed by atoms with Gasteiger partial charge in [-0.1, -0.05) is 11.6 Å². The molecule has 1 heterocycles. The Morgan fingerprint density at radius 2 is 2.44 bits per heavy atom. The van der Waals surface area contributed by atoms with E-state index in [1.165, 1.54) is 0 Å². The van der Waals surface area contributed by atoms with Crippen molar-refractivity contribution in [1.82, 2.24) is 0 Å². The van der Waals surface area contributed by atoms with E-state index in [9.17, 15) is 0 Å². The van der Waals surface area contributed by atoms with Crippen LogP contribution < -0.4 is 10.1 Å². The van der Waals surface area contributed by atoms with Crippen LogP contribution in [0.1, 0.15) is 12.8 Å². The summed E-state index contributed by atoms with van der Waals surface area (Å²) in [6.45, 7) is 1.68. The maximum Gasteiger partial charge on any atom is 0.142 e. The minimum absolute atomic E-state index is 0.309. The first-order valence-electron chi connectivity index (χ1n) is 5.48. The Kier molecular flexibility index (Phi) is 3.91. The van der Waals surface area contributed by atoms with E-state index in [1.807, 2.05) is 18.2 Å². The molecule has 0 bridgehead atoms. The van der Waals surface area contributed by atoms with Gasteiger partial charge in [0, 0.05) is 18.2 Å². The largest absolute Gasteiger partial charge is 0.495 e. The van der Waals surface area contributed by atoms with Crippen molar-refractivity contribution in [1.29, 1.82) is 0 Å². The molecule has 1 atom stereocenters. The van der Waals surface area contributed by atoms with E-state index in [0.29, 0.717) is 11.1 Å². The predicted octanol–water partition coefficient (Wildman–Crippen LogP) is 2.94. The Balaban J connectivity index is 1.98. The topological polar surface area (TPSA) is 30.5 Å². The lowest BCUT2D eigenvalue weighted by atomic mass is 10.2. The second kappa shape index (κ2) is 5.41. The number of anilines is 1. The molecule has 1 aliphatic heterocycles. The summed E-state index contributed by atoms with van der Waals surface area (Å²) in [6, 6.07) is 5.55. The molecule has 0 saturated carbocycles. The van der Waals surface area contributed by atoms with Crippen molar-refractivity contribution in [3.8, 4) is 5.75 Å². The zero-order valence-electron chi connectivity index (χ0n) is 9.33. The highest BCUT2D eigenvalue weighted by atomic mass is 35.5. The van der Waals surface area contributed by atoms with Gasteiger partial charge in [-0.2, -0.15) is 0 Å². The highest BCUT2D eigenvalue weighted by Gasteiger charge is 2.15. The SMILES string of the molecule is COc1ccc(Cl)cc1NCC1CCCO1. The normalized spacial score (nSPS) is 19.8. The number of halogens is 1. The Morgan fingerprint density at radius 3 is 3.12 bits per heavy atom. The third-order valence-electron chi connectivity index (χ3n) is 2.71. The number of benzene rings is 1. The summed E-state index contributed by atoms with van der Waals surface area (Å²) in [5.41, 5.74) is 0.922. The minimum atomic E-state index is 0.309. The smallest absolute Gasteiger partial charge is 0.142 e. The molecule has 0 amide bonds. The molecule has 1 aromatic carbocycles. The Morgan fingerprint density at radius 1 is 1.56 bits per heavy atom. The third kappa shape index (κ3) is 2.80. The Hall–Kier alpha value is -0.930. The van der Waals surface area contributed by atoms with Gasteiger partial charge in [0.2, 0.25) is 0 Å². The maximum absolute atomic E-state index is 5.94. The summed E-state index contributed by atoms with van der Waals surface area (Å²) in [5, 5.41) is 4.02. The number of ether oxygens (including phenoxy) is 2.